The summed E-state index contributed by atoms with van der Waals surface area (Å²) in [6, 6.07) is 5.65. The van der Waals surface area contributed by atoms with Crippen LogP contribution < -0.4 is 5.32 Å². The molecule has 0 saturated heterocycles. The molecule has 1 aromatic carbocycles. The summed E-state index contributed by atoms with van der Waals surface area (Å²) in [5.41, 5.74) is 2.30. The van der Waals surface area contributed by atoms with Gasteiger partial charge < -0.3 is 9.73 Å². The number of nitrogens with zero attached hydrogens (tertiary/aromatic N) is 1. The van der Waals surface area contributed by atoms with Crippen LogP contribution in [0.15, 0.2) is 22.6 Å². The highest BCUT2D eigenvalue weighted by atomic mass is 16.3. The zero-order valence-electron chi connectivity index (χ0n) is 11.2. The number of rotatable bonds is 2. The number of carbonyl (C=O) groups excluding carboxylic acids is 1. The van der Waals surface area contributed by atoms with E-state index in [0.717, 1.165) is 16.7 Å². The molecule has 0 atom stereocenters. The number of hydrogen-bond acceptors (Lipinski definition) is 3. The van der Waals surface area contributed by atoms with Crippen LogP contribution in [0.25, 0.3) is 11.1 Å². The van der Waals surface area contributed by atoms with Gasteiger partial charge in [-0.05, 0) is 38.5 Å². The predicted molar refractivity (Wildman–Crippen MR) is 70.3 cm³/mol. The van der Waals surface area contributed by atoms with E-state index in [2.05, 4.69) is 10.3 Å². The number of fused-ring (bicyclic) bond motifs is 1. The van der Waals surface area contributed by atoms with Crippen LogP contribution in [0.5, 0.6) is 0 Å². The van der Waals surface area contributed by atoms with Crippen molar-refractivity contribution in [2.75, 3.05) is 0 Å². The van der Waals surface area contributed by atoms with Crippen LogP contribution in [-0.2, 0) is 11.2 Å². The number of aryl methyl sites for hydroxylation is 1. The van der Waals surface area contributed by atoms with Crippen molar-refractivity contribution in [2.45, 2.75) is 39.7 Å². The Hall–Kier alpha value is -1.84. The SMILES string of the molecule is Cc1nc2cc(CC(=O)NC(C)(C)C)ccc2o1. The lowest BCUT2D eigenvalue weighted by Gasteiger charge is -2.20. The van der Waals surface area contributed by atoms with E-state index in [4.69, 9.17) is 4.42 Å². The van der Waals surface area contributed by atoms with E-state index in [0.29, 0.717) is 12.3 Å². The van der Waals surface area contributed by atoms with E-state index < -0.39 is 0 Å². The number of carbonyl (C=O) groups is 1. The Labute approximate surface area is 106 Å². The third-order valence-electron chi connectivity index (χ3n) is 2.44. The van der Waals surface area contributed by atoms with Gasteiger partial charge in [-0.25, -0.2) is 4.98 Å². The van der Waals surface area contributed by atoms with Crippen LogP contribution in [-0.4, -0.2) is 16.4 Å². The maximum Gasteiger partial charge on any atom is 0.224 e. The highest BCUT2D eigenvalue weighted by molar-refractivity contribution is 5.81. The first-order valence-electron chi connectivity index (χ1n) is 6.00. The van der Waals surface area contributed by atoms with Crippen molar-refractivity contribution in [3.8, 4) is 0 Å². The van der Waals surface area contributed by atoms with E-state index in [1.165, 1.54) is 0 Å². The summed E-state index contributed by atoms with van der Waals surface area (Å²) in [4.78, 5) is 16.1. The van der Waals surface area contributed by atoms with Gasteiger partial charge in [-0.3, -0.25) is 4.79 Å². The number of nitrogens with one attached hydrogen (secondary N) is 1. The molecule has 1 aromatic heterocycles. The molecule has 0 aliphatic heterocycles. The summed E-state index contributed by atoms with van der Waals surface area (Å²) in [7, 11) is 0. The first-order valence-corrected chi connectivity index (χ1v) is 6.00. The molecular weight excluding hydrogens is 228 g/mol. The second-order valence-corrected chi connectivity index (χ2v) is 5.51. The number of benzene rings is 1. The van der Waals surface area contributed by atoms with Gasteiger partial charge in [0.2, 0.25) is 5.91 Å². The number of amides is 1. The van der Waals surface area contributed by atoms with E-state index >= 15 is 0 Å². The van der Waals surface area contributed by atoms with E-state index in [9.17, 15) is 4.79 Å². The monoisotopic (exact) mass is 246 g/mol. The van der Waals surface area contributed by atoms with Crippen molar-refractivity contribution in [1.29, 1.82) is 0 Å². The van der Waals surface area contributed by atoms with Gasteiger partial charge in [-0.2, -0.15) is 0 Å². The molecule has 0 aliphatic rings. The van der Waals surface area contributed by atoms with Crippen LogP contribution in [0.2, 0.25) is 0 Å². The lowest BCUT2D eigenvalue weighted by atomic mass is 10.1. The average molecular weight is 246 g/mol. The molecule has 2 rings (SSSR count). The summed E-state index contributed by atoms with van der Waals surface area (Å²) in [5, 5.41) is 2.94. The molecule has 4 nitrogen and oxygen atoms in total. The minimum atomic E-state index is -0.203. The molecule has 1 amide bonds. The number of aromatic nitrogens is 1. The first kappa shape index (κ1) is 12.6. The Bertz CT molecular complexity index is 579. The van der Waals surface area contributed by atoms with Crippen LogP contribution in [0.3, 0.4) is 0 Å². The zero-order valence-corrected chi connectivity index (χ0v) is 11.2. The summed E-state index contributed by atoms with van der Waals surface area (Å²) in [6.07, 6.45) is 0.360. The molecule has 96 valence electrons. The standard InChI is InChI=1S/C14H18N2O2/c1-9-15-11-7-10(5-6-12(11)18-9)8-13(17)16-14(2,3)4/h5-7H,8H2,1-4H3,(H,16,17). The van der Waals surface area contributed by atoms with Crippen molar-refractivity contribution in [1.82, 2.24) is 10.3 Å². The minimum Gasteiger partial charge on any atom is -0.441 e. The van der Waals surface area contributed by atoms with Gasteiger partial charge in [0.05, 0.1) is 6.42 Å². The van der Waals surface area contributed by atoms with E-state index in [-0.39, 0.29) is 11.4 Å². The summed E-state index contributed by atoms with van der Waals surface area (Å²) in [5.74, 6) is 0.656. The van der Waals surface area contributed by atoms with Gasteiger partial charge in [-0.1, -0.05) is 6.07 Å². The first-order chi connectivity index (χ1) is 8.33. The second-order valence-electron chi connectivity index (χ2n) is 5.51. The van der Waals surface area contributed by atoms with Gasteiger partial charge >= 0.3 is 0 Å². The highest BCUT2D eigenvalue weighted by Crippen LogP contribution is 2.17. The van der Waals surface area contributed by atoms with Crippen molar-refractivity contribution in [3.05, 3.63) is 29.7 Å². The third-order valence-corrected chi connectivity index (χ3v) is 2.44. The van der Waals surface area contributed by atoms with Crippen LogP contribution >= 0.6 is 0 Å². The molecule has 4 heteroatoms. The lowest BCUT2D eigenvalue weighted by Crippen LogP contribution is -2.41. The zero-order chi connectivity index (χ0) is 13.3. The maximum atomic E-state index is 11.8. The molecule has 0 saturated carbocycles. The molecule has 1 N–H and O–H groups in total. The molecule has 18 heavy (non-hydrogen) atoms. The maximum absolute atomic E-state index is 11.8. The highest BCUT2D eigenvalue weighted by Gasteiger charge is 2.14. The molecule has 0 fully saturated rings. The summed E-state index contributed by atoms with van der Waals surface area (Å²) >= 11 is 0. The molecule has 1 heterocycles. The molecule has 0 spiro atoms. The summed E-state index contributed by atoms with van der Waals surface area (Å²) < 4.78 is 5.40. The van der Waals surface area contributed by atoms with Crippen LogP contribution in [0.1, 0.15) is 32.2 Å². The van der Waals surface area contributed by atoms with Crippen molar-refractivity contribution >= 4 is 17.0 Å². The Morgan fingerprint density at radius 1 is 1.39 bits per heavy atom. The van der Waals surface area contributed by atoms with E-state index in [1.54, 1.807) is 0 Å². The van der Waals surface area contributed by atoms with Crippen molar-refractivity contribution < 1.29 is 9.21 Å². The molecule has 0 unspecified atom stereocenters. The lowest BCUT2D eigenvalue weighted by molar-refractivity contribution is -0.121. The minimum absolute atomic E-state index is 0.0158. The Morgan fingerprint density at radius 2 is 2.11 bits per heavy atom. The fourth-order valence-electron chi connectivity index (χ4n) is 1.85. The van der Waals surface area contributed by atoms with Gasteiger partial charge in [0.25, 0.3) is 0 Å². The van der Waals surface area contributed by atoms with Gasteiger partial charge in [0, 0.05) is 12.5 Å². The Morgan fingerprint density at radius 3 is 2.78 bits per heavy atom. The molecular formula is C14H18N2O2. The fourth-order valence-corrected chi connectivity index (χ4v) is 1.85. The van der Waals surface area contributed by atoms with Crippen LogP contribution in [0.4, 0.5) is 0 Å². The van der Waals surface area contributed by atoms with Crippen molar-refractivity contribution in [2.24, 2.45) is 0 Å². The third kappa shape index (κ3) is 3.09. The average Bonchev–Trinajstić information content (AvgIpc) is 2.53. The Balaban J connectivity index is 2.14. The predicted octanol–water partition coefficient (Wildman–Crippen LogP) is 2.59. The topological polar surface area (TPSA) is 55.1 Å². The molecule has 0 radical (unpaired) electrons. The molecule has 0 aliphatic carbocycles. The normalized spacial score (nSPS) is 11.8. The largest absolute Gasteiger partial charge is 0.441 e. The Kier molecular flexibility index (Phi) is 3.11. The number of oxazole rings is 1. The van der Waals surface area contributed by atoms with Crippen LogP contribution in [0, 0.1) is 6.92 Å². The van der Waals surface area contributed by atoms with Crippen molar-refractivity contribution in [3.63, 3.8) is 0 Å². The quantitative estimate of drug-likeness (QED) is 0.886. The summed E-state index contributed by atoms with van der Waals surface area (Å²) in [6.45, 7) is 7.71. The van der Waals surface area contributed by atoms with Gasteiger partial charge in [0.1, 0.15) is 5.52 Å². The fraction of sp³-hybridized carbons (Fsp3) is 0.429. The molecule has 2 aromatic rings. The molecule has 0 bridgehead atoms. The van der Waals surface area contributed by atoms with Gasteiger partial charge in [-0.15, -0.1) is 0 Å². The van der Waals surface area contributed by atoms with Gasteiger partial charge in [0.15, 0.2) is 11.5 Å². The number of hydrogen-bond donors (Lipinski definition) is 1. The second kappa shape index (κ2) is 4.44. The van der Waals surface area contributed by atoms with E-state index in [1.807, 2.05) is 45.9 Å². The smallest absolute Gasteiger partial charge is 0.224 e.